The van der Waals surface area contributed by atoms with E-state index in [1.807, 2.05) is 12.1 Å². The molecule has 2 unspecified atom stereocenters. The molecule has 0 radical (unpaired) electrons. The van der Waals surface area contributed by atoms with Crippen molar-refractivity contribution < 1.29 is 4.79 Å². The Balaban J connectivity index is 1.79. The molecule has 1 aliphatic rings. The summed E-state index contributed by atoms with van der Waals surface area (Å²) in [5.41, 5.74) is 1.19. The number of benzene rings is 2. The molecule has 0 spiro atoms. The van der Waals surface area contributed by atoms with Crippen molar-refractivity contribution in [3.05, 3.63) is 60.2 Å². The lowest BCUT2D eigenvalue weighted by Crippen LogP contribution is -2.33. The van der Waals surface area contributed by atoms with Crippen molar-refractivity contribution in [3.63, 3.8) is 0 Å². The van der Waals surface area contributed by atoms with Crippen molar-refractivity contribution in [2.45, 2.75) is 32.2 Å². The van der Waals surface area contributed by atoms with E-state index >= 15 is 0 Å². The first kappa shape index (κ1) is 13.9. The summed E-state index contributed by atoms with van der Waals surface area (Å²) in [6.45, 7) is 2.07. The maximum Gasteiger partial charge on any atom is 0.223 e. The highest BCUT2D eigenvalue weighted by Gasteiger charge is 2.21. The van der Waals surface area contributed by atoms with Gasteiger partial charge in [-0.15, -0.1) is 0 Å². The second kappa shape index (κ2) is 6.13. The summed E-state index contributed by atoms with van der Waals surface area (Å²) in [5.74, 6) is 0.312. The molecule has 0 heterocycles. The van der Waals surface area contributed by atoms with E-state index in [1.165, 1.54) is 16.3 Å². The third-order valence-corrected chi connectivity index (χ3v) is 4.29. The average molecular weight is 279 g/mol. The first-order valence-corrected chi connectivity index (χ1v) is 7.69. The number of allylic oxidation sites excluding steroid dienone is 2. The molecule has 1 amide bonds. The standard InChI is InChI=1S/C19H21NO/c1-14(20-19(21)16-9-3-2-4-10-16)17-13-7-11-15-8-5-6-12-18(15)17/h2-3,5-8,11-14,16H,4,9-10H2,1H3,(H,20,21). The van der Waals surface area contributed by atoms with Crippen molar-refractivity contribution in [2.24, 2.45) is 5.92 Å². The number of carbonyl (C=O) groups is 1. The molecule has 2 heteroatoms. The van der Waals surface area contributed by atoms with E-state index in [-0.39, 0.29) is 17.9 Å². The van der Waals surface area contributed by atoms with Crippen LogP contribution in [0.1, 0.15) is 37.8 Å². The zero-order valence-corrected chi connectivity index (χ0v) is 12.4. The lowest BCUT2D eigenvalue weighted by atomic mass is 9.92. The molecule has 1 aliphatic carbocycles. The van der Waals surface area contributed by atoms with E-state index in [1.54, 1.807) is 0 Å². The molecule has 21 heavy (non-hydrogen) atoms. The quantitative estimate of drug-likeness (QED) is 0.830. The van der Waals surface area contributed by atoms with Crippen molar-refractivity contribution in [3.8, 4) is 0 Å². The lowest BCUT2D eigenvalue weighted by Gasteiger charge is -2.22. The van der Waals surface area contributed by atoms with Crippen LogP contribution in [0.15, 0.2) is 54.6 Å². The number of amides is 1. The first-order valence-electron chi connectivity index (χ1n) is 7.69. The molecule has 2 nitrogen and oxygen atoms in total. The van der Waals surface area contributed by atoms with Gasteiger partial charge in [0.15, 0.2) is 0 Å². The molecule has 1 N–H and O–H groups in total. The van der Waals surface area contributed by atoms with Crippen LogP contribution in [0.2, 0.25) is 0 Å². The van der Waals surface area contributed by atoms with Gasteiger partial charge in [-0.1, -0.05) is 54.6 Å². The van der Waals surface area contributed by atoms with Crippen LogP contribution < -0.4 is 5.32 Å². The zero-order valence-electron chi connectivity index (χ0n) is 12.4. The lowest BCUT2D eigenvalue weighted by molar-refractivity contribution is -0.125. The molecule has 0 fully saturated rings. The van der Waals surface area contributed by atoms with Crippen molar-refractivity contribution >= 4 is 16.7 Å². The Bertz CT molecular complexity index is 669. The summed E-state index contributed by atoms with van der Waals surface area (Å²) in [5, 5.41) is 5.62. The molecule has 2 aromatic rings. The van der Waals surface area contributed by atoms with Gasteiger partial charge in [-0.25, -0.2) is 0 Å². The van der Waals surface area contributed by atoms with Crippen LogP contribution in [0.4, 0.5) is 0 Å². The highest BCUT2D eigenvalue weighted by Crippen LogP contribution is 2.25. The molecular weight excluding hydrogens is 258 g/mol. The molecule has 0 saturated carbocycles. The van der Waals surface area contributed by atoms with E-state index < -0.39 is 0 Å². The molecule has 2 atom stereocenters. The zero-order chi connectivity index (χ0) is 14.7. The third kappa shape index (κ3) is 2.99. The normalized spacial score (nSPS) is 19.4. The van der Waals surface area contributed by atoms with Crippen LogP contribution in [-0.2, 0) is 4.79 Å². The number of nitrogens with one attached hydrogen (secondary N) is 1. The van der Waals surface area contributed by atoms with Gasteiger partial charge < -0.3 is 5.32 Å². The van der Waals surface area contributed by atoms with Crippen LogP contribution in [0.5, 0.6) is 0 Å². The van der Waals surface area contributed by atoms with E-state index in [4.69, 9.17) is 0 Å². The smallest absolute Gasteiger partial charge is 0.223 e. The minimum Gasteiger partial charge on any atom is -0.349 e. The Kier molecular flexibility index (Phi) is 4.05. The van der Waals surface area contributed by atoms with Crippen molar-refractivity contribution in [1.82, 2.24) is 5.32 Å². The summed E-state index contributed by atoms with van der Waals surface area (Å²) in [4.78, 5) is 12.4. The first-order chi connectivity index (χ1) is 10.3. The highest BCUT2D eigenvalue weighted by atomic mass is 16.1. The Morgan fingerprint density at radius 1 is 1.14 bits per heavy atom. The Morgan fingerprint density at radius 2 is 1.95 bits per heavy atom. The van der Waals surface area contributed by atoms with Crippen LogP contribution >= 0.6 is 0 Å². The fraction of sp³-hybridized carbons (Fsp3) is 0.316. The van der Waals surface area contributed by atoms with E-state index in [0.717, 1.165) is 19.3 Å². The Labute approximate surface area is 125 Å². The number of rotatable bonds is 3. The van der Waals surface area contributed by atoms with Crippen LogP contribution in [0, 0.1) is 5.92 Å². The molecular formula is C19H21NO. The molecule has 0 aliphatic heterocycles. The van der Waals surface area contributed by atoms with Gasteiger partial charge in [-0.05, 0) is 42.5 Å². The van der Waals surface area contributed by atoms with Gasteiger partial charge in [0, 0.05) is 5.92 Å². The summed E-state index contributed by atoms with van der Waals surface area (Å²) >= 11 is 0. The van der Waals surface area contributed by atoms with Crippen LogP contribution in [0.3, 0.4) is 0 Å². The fourth-order valence-corrected chi connectivity index (χ4v) is 3.07. The van der Waals surface area contributed by atoms with Crippen LogP contribution in [-0.4, -0.2) is 5.91 Å². The second-order valence-electron chi connectivity index (χ2n) is 5.78. The Hall–Kier alpha value is -2.09. The van der Waals surface area contributed by atoms with Gasteiger partial charge in [0.25, 0.3) is 0 Å². The largest absolute Gasteiger partial charge is 0.349 e. The molecule has 2 aromatic carbocycles. The van der Waals surface area contributed by atoms with Gasteiger partial charge in [-0.3, -0.25) is 4.79 Å². The van der Waals surface area contributed by atoms with Gasteiger partial charge in [0.1, 0.15) is 0 Å². The van der Waals surface area contributed by atoms with Crippen molar-refractivity contribution in [1.29, 1.82) is 0 Å². The monoisotopic (exact) mass is 279 g/mol. The number of hydrogen-bond donors (Lipinski definition) is 1. The number of fused-ring (bicyclic) bond motifs is 1. The predicted molar refractivity (Wildman–Crippen MR) is 87.0 cm³/mol. The minimum atomic E-state index is 0.0366. The minimum absolute atomic E-state index is 0.0366. The topological polar surface area (TPSA) is 29.1 Å². The van der Waals surface area contributed by atoms with Gasteiger partial charge >= 0.3 is 0 Å². The third-order valence-electron chi connectivity index (χ3n) is 4.29. The molecule has 0 aromatic heterocycles. The van der Waals surface area contributed by atoms with Gasteiger partial charge in [0.2, 0.25) is 5.91 Å². The number of carbonyl (C=O) groups excluding carboxylic acids is 1. The summed E-state index contributed by atoms with van der Waals surface area (Å²) in [6.07, 6.45) is 7.13. The fourth-order valence-electron chi connectivity index (χ4n) is 3.07. The van der Waals surface area contributed by atoms with Crippen molar-refractivity contribution in [2.75, 3.05) is 0 Å². The van der Waals surface area contributed by atoms with Gasteiger partial charge in [-0.2, -0.15) is 0 Å². The average Bonchev–Trinajstić information content (AvgIpc) is 2.55. The molecule has 0 bridgehead atoms. The molecule has 108 valence electrons. The Morgan fingerprint density at radius 3 is 2.76 bits per heavy atom. The number of hydrogen-bond acceptors (Lipinski definition) is 1. The second-order valence-corrected chi connectivity index (χ2v) is 5.78. The summed E-state index contributed by atoms with van der Waals surface area (Å²) in [6, 6.07) is 14.6. The summed E-state index contributed by atoms with van der Waals surface area (Å²) < 4.78 is 0. The van der Waals surface area contributed by atoms with E-state index in [9.17, 15) is 4.79 Å². The maximum atomic E-state index is 12.4. The SMILES string of the molecule is CC(NC(=O)C1CC=CCC1)c1cccc2ccccc12. The van der Waals surface area contributed by atoms with E-state index in [2.05, 4.69) is 54.7 Å². The van der Waals surface area contributed by atoms with E-state index in [0.29, 0.717) is 0 Å². The predicted octanol–water partition coefficient (Wildman–Crippen LogP) is 4.37. The van der Waals surface area contributed by atoms with Crippen LogP contribution in [0.25, 0.3) is 10.8 Å². The molecule has 0 saturated heterocycles. The molecule has 3 rings (SSSR count). The maximum absolute atomic E-state index is 12.4. The van der Waals surface area contributed by atoms with Gasteiger partial charge in [0.05, 0.1) is 6.04 Å². The summed E-state index contributed by atoms with van der Waals surface area (Å²) in [7, 11) is 0. The highest BCUT2D eigenvalue weighted by molar-refractivity contribution is 5.87.